The second-order valence-corrected chi connectivity index (χ2v) is 11.3. The van der Waals surface area contributed by atoms with E-state index >= 15 is 0 Å². The minimum absolute atomic E-state index is 0.0492. The lowest BCUT2D eigenvalue weighted by Gasteiger charge is -2.29. The van der Waals surface area contributed by atoms with E-state index in [9.17, 15) is 53.1 Å². The smallest absolute Gasteiger partial charge is 0.337 e. The number of aromatic carboxylic acids is 1. The molecule has 8 amide bonds. The van der Waals surface area contributed by atoms with Crippen molar-refractivity contribution in [2.45, 2.75) is 51.4 Å². The second-order valence-electron chi connectivity index (χ2n) is 11.3. The first-order valence-corrected chi connectivity index (χ1v) is 14.8. The van der Waals surface area contributed by atoms with Crippen molar-refractivity contribution in [1.29, 1.82) is 0 Å². The van der Waals surface area contributed by atoms with Crippen LogP contribution in [-0.4, -0.2) is 80.8 Å². The molecule has 4 aliphatic heterocycles. The third-order valence-electron chi connectivity index (χ3n) is 8.28. The van der Waals surface area contributed by atoms with Crippen molar-refractivity contribution in [3.8, 4) is 0 Å². The fourth-order valence-electron chi connectivity index (χ4n) is 5.86. The Balaban J connectivity index is 0.000000185. The molecule has 5 aliphatic rings. The number of imide groups is 4. The largest absolute Gasteiger partial charge is 0.478 e. The maximum Gasteiger partial charge on any atom is 0.337 e. The van der Waals surface area contributed by atoms with E-state index < -0.39 is 47.4 Å². The number of carboxylic acid groups (broad SMARTS) is 1. The maximum atomic E-state index is 12.1. The Bertz CT molecular complexity index is 1620. The molecule has 6 rings (SSSR count). The van der Waals surface area contributed by atoms with Gasteiger partial charge in [0.1, 0.15) is 0 Å². The predicted octanol–water partition coefficient (Wildman–Crippen LogP) is 0.793. The van der Waals surface area contributed by atoms with Gasteiger partial charge in [-0.25, -0.2) is 19.4 Å². The van der Waals surface area contributed by atoms with Gasteiger partial charge < -0.3 is 9.94 Å². The number of para-hydroxylation sites is 1. The summed E-state index contributed by atoms with van der Waals surface area (Å²) in [7, 11) is 0. The fraction of sp³-hybridized carbons (Fsp3) is 0.355. The number of carboxylic acids is 1. The molecule has 0 bridgehead atoms. The standard InChI is InChI=1S/C16H18N2O6.C15H10N2O6/c19-12-5-6-13(20)17(12)9-10-1-3-11(4-2-10)16(23)24-18-14(21)7-8-15(18)22;18-10-4-5-11(19)16(10)9-3-1-2-8(15(22)23)14(9)17-12(20)6-7-13(17)21/h5-6,10-11H,1-4,7-9H2;1-5H,6-7H2,(H,22,23). The van der Waals surface area contributed by atoms with Gasteiger partial charge in [-0.1, -0.05) is 6.07 Å². The number of hydrogen-bond donors (Lipinski definition) is 1. The molecule has 1 aromatic carbocycles. The van der Waals surface area contributed by atoms with Crippen LogP contribution in [0.5, 0.6) is 0 Å². The van der Waals surface area contributed by atoms with E-state index in [1.54, 1.807) is 0 Å². The van der Waals surface area contributed by atoms with Gasteiger partial charge >= 0.3 is 11.9 Å². The summed E-state index contributed by atoms with van der Waals surface area (Å²) in [6.07, 6.45) is 7.09. The Hall–Kier alpha value is -5.80. The van der Waals surface area contributed by atoms with E-state index in [0.717, 1.165) is 22.0 Å². The summed E-state index contributed by atoms with van der Waals surface area (Å²) >= 11 is 0. The van der Waals surface area contributed by atoms with Crippen LogP contribution in [0.3, 0.4) is 0 Å². The highest BCUT2D eigenvalue weighted by molar-refractivity contribution is 6.32. The van der Waals surface area contributed by atoms with Crippen LogP contribution >= 0.6 is 0 Å². The van der Waals surface area contributed by atoms with Gasteiger partial charge in [-0.15, -0.1) is 5.06 Å². The predicted molar refractivity (Wildman–Crippen MR) is 155 cm³/mol. The van der Waals surface area contributed by atoms with Crippen molar-refractivity contribution < 1.29 is 57.9 Å². The molecule has 1 aliphatic carbocycles. The Morgan fingerprint density at radius 3 is 1.72 bits per heavy atom. The Morgan fingerprint density at radius 1 is 0.681 bits per heavy atom. The highest BCUT2D eigenvalue weighted by atomic mass is 16.7. The summed E-state index contributed by atoms with van der Waals surface area (Å²) in [5.41, 5.74) is -0.690. The van der Waals surface area contributed by atoms with Crippen LogP contribution in [0.2, 0.25) is 0 Å². The van der Waals surface area contributed by atoms with Gasteiger partial charge in [-0.3, -0.25) is 43.3 Å². The second kappa shape index (κ2) is 13.3. The van der Waals surface area contributed by atoms with Gasteiger partial charge in [-0.2, -0.15) is 0 Å². The molecule has 3 fully saturated rings. The molecule has 0 unspecified atom stereocenters. The molecular formula is C31H28N4O12. The number of rotatable bonds is 7. The van der Waals surface area contributed by atoms with E-state index in [-0.39, 0.29) is 66.3 Å². The van der Waals surface area contributed by atoms with Gasteiger partial charge in [0.15, 0.2) is 0 Å². The van der Waals surface area contributed by atoms with Crippen molar-refractivity contribution in [3.05, 3.63) is 48.1 Å². The van der Waals surface area contributed by atoms with E-state index in [0.29, 0.717) is 37.3 Å². The molecule has 4 heterocycles. The van der Waals surface area contributed by atoms with Crippen LogP contribution < -0.4 is 9.80 Å². The first-order chi connectivity index (χ1) is 22.4. The molecule has 244 valence electrons. The summed E-state index contributed by atoms with van der Waals surface area (Å²) in [6.45, 7) is 0.357. The summed E-state index contributed by atoms with van der Waals surface area (Å²) in [5.74, 6) is -6.21. The number of carbonyl (C=O) groups is 10. The third-order valence-corrected chi connectivity index (χ3v) is 8.28. The van der Waals surface area contributed by atoms with Gasteiger partial charge in [0, 0.05) is 56.5 Å². The molecule has 0 aromatic heterocycles. The summed E-state index contributed by atoms with van der Waals surface area (Å²) in [5, 5.41) is 9.92. The highest BCUT2D eigenvalue weighted by Crippen LogP contribution is 2.38. The van der Waals surface area contributed by atoms with E-state index in [1.165, 1.54) is 35.3 Å². The van der Waals surface area contributed by atoms with Crippen molar-refractivity contribution in [2.75, 3.05) is 16.3 Å². The maximum absolute atomic E-state index is 12.1. The number of nitrogens with zero attached hydrogens (tertiary/aromatic N) is 4. The van der Waals surface area contributed by atoms with E-state index in [1.807, 2.05) is 0 Å². The lowest BCUT2D eigenvalue weighted by Crippen LogP contribution is -2.38. The van der Waals surface area contributed by atoms with Gasteiger partial charge in [0.25, 0.3) is 35.4 Å². The fourth-order valence-corrected chi connectivity index (χ4v) is 5.86. The van der Waals surface area contributed by atoms with Crippen molar-refractivity contribution in [2.24, 2.45) is 11.8 Å². The Morgan fingerprint density at radius 2 is 1.19 bits per heavy atom. The van der Waals surface area contributed by atoms with Crippen LogP contribution in [0, 0.1) is 11.8 Å². The molecule has 16 nitrogen and oxygen atoms in total. The van der Waals surface area contributed by atoms with Crippen LogP contribution in [0.15, 0.2) is 42.5 Å². The number of carbonyl (C=O) groups excluding carboxylic acids is 9. The van der Waals surface area contributed by atoms with Crippen LogP contribution in [-0.2, 0) is 48.0 Å². The zero-order chi connectivity index (χ0) is 34.0. The summed E-state index contributed by atoms with van der Waals surface area (Å²) in [4.78, 5) is 125. The topological polar surface area (TPSA) is 213 Å². The molecule has 47 heavy (non-hydrogen) atoms. The molecule has 0 atom stereocenters. The Labute approximate surface area is 266 Å². The third kappa shape index (κ3) is 6.61. The van der Waals surface area contributed by atoms with E-state index in [2.05, 4.69) is 0 Å². The van der Waals surface area contributed by atoms with Crippen molar-refractivity contribution >= 4 is 70.6 Å². The molecule has 16 heteroatoms. The number of hydrogen-bond acceptors (Lipinski definition) is 11. The highest BCUT2D eigenvalue weighted by Gasteiger charge is 2.39. The zero-order valence-electron chi connectivity index (χ0n) is 24.8. The number of hydroxylamine groups is 2. The average molecular weight is 649 g/mol. The van der Waals surface area contributed by atoms with Crippen LogP contribution in [0.4, 0.5) is 11.4 Å². The van der Waals surface area contributed by atoms with Gasteiger partial charge in [0.05, 0.1) is 22.9 Å². The van der Waals surface area contributed by atoms with Crippen molar-refractivity contribution in [1.82, 2.24) is 9.96 Å². The van der Waals surface area contributed by atoms with Gasteiger partial charge in [-0.05, 0) is 43.7 Å². The normalized spacial score (nSPS) is 22.6. The summed E-state index contributed by atoms with van der Waals surface area (Å²) in [6, 6.07) is 3.87. The average Bonchev–Trinajstić information content (AvgIpc) is 3.76. The van der Waals surface area contributed by atoms with Gasteiger partial charge in [0.2, 0.25) is 11.8 Å². The quantitative estimate of drug-likeness (QED) is 0.407. The Kier molecular flexibility index (Phi) is 9.21. The zero-order valence-corrected chi connectivity index (χ0v) is 24.8. The molecule has 2 saturated heterocycles. The lowest BCUT2D eigenvalue weighted by molar-refractivity contribution is -0.201. The monoisotopic (exact) mass is 648 g/mol. The molecule has 0 spiro atoms. The molecule has 1 aromatic rings. The SMILES string of the molecule is O=C(O)c1cccc(N2C(=O)C=CC2=O)c1N1C(=O)CCC1=O.O=C(ON1C(=O)CCC1=O)C1CCC(CN2C(=O)C=CC2=O)CC1. The van der Waals surface area contributed by atoms with Crippen molar-refractivity contribution in [3.63, 3.8) is 0 Å². The summed E-state index contributed by atoms with van der Waals surface area (Å²) < 4.78 is 0. The molecular weight excluding hydrogens is 620 g/mol. The van der Waals surface area contributed by atoms with Crippen LogP contribution in [0.1, 0.15) is 61.7 Å². The van der Waals surface area contributed by atoms with E-state index in [4.69, 9.17) is 4.84 Å². The minimum atomic E-state index is -1.37. The number of amides is 8. The molecule has 1 saturated carbocycles. The molecule has 0 radical (unpaired) electrons. The first-order valence-electron chi connectivity index (χ1n) is 14.8. The first kappa shape index (κ1) is 32.6. The minimum Gasteiger partial charge on any atom is -0.478 e. The lowest BCUT2D eigenvalue weighted by atomic mass is 9.82. The van der Waals surface area contributed by atoms with Crippen LogP contribution in [0.25, 0.3) is 0 Å². The molecule has 1 N–H and O–H groups in total. The number of anilines is 2. The number of benzene rings is 1.